The van der Waals surface area contributed by atoms with Crippen LogP contribution in [0.4, 0.5) is 0 Å². The Morgan fingerprint density at radius 2 is 1.96 bits per heavy atom. The average Bonchev–Trinajstić information content (AvgIpc) is 2.74. The van der Waals surface area contributed by atoms with Crippen LogP contribution < -0.4 is 4.74 Å². The van der Waals surface area contributed by atoms with Crippen molar-refractivity contribution >= 4 is 0 Å². The van der Waals surface area contributed by atoms with Crippen LogP contribution in [-0.4, -0.2) is 36.2 Å². The van der Waals surface area contributed by atoms with Gasteiger partial charge in [-0.05, 0) is 85.5 Å². The van der Waals surface area contributed by atoms with Crippen molar-refractivity contribution in [1.82, 2.24) is 4.90 Å². The quantitative estimate of drug-likeness (QED) is 0.838. The molecule has 2 aromatic rings. The molecule has 1 N–H and O–H groups in total. The molecular formula is C25H31NO2. The molecule has 28 heavy (non-hydrogen) atoms. The molecule has 148 valence electrons. The summed E-state index contributed by atoms with van der Waals surface area (Å²) >= 11 is 0. The minimum absolute atomic E-state index is 0.311. The Hall–Kier alpha value is -2.00. The van der Waals surface area contributed by atoms with Crippen molar-refractivity contribution in [3.05, 3.63) is 59.2 Å². The molecule has 3 nitrogen and oxygen atoms in total. The van der Waals surface area contributed by atoms with E-state index in [0.717, 1.165) is 31.1 Å². The van der Waals surface area contributed by atoms with Crippen molar-refractivity contribution in [3.8, 4) is 11.5 Å². The molecule has 5 rings (SSSR count). The first kappa shape index (κ1) is 18.1. The molecule has 1 aliphatic heterocycles. The van der Waals surface area contributed by atoms with Gasteiger partial charge in [0.1, 0.15) is 11.5 Å². The zero-order valence-corrected chi connectivity index (χ0v) is 16.9. The number of aromatic hydroxyl groups is 1. The largest absolute Gasteiger partial charge is 0.508 e. The van der Waals surface area contributed by atoms with Crippen LogP contribution in [0.25, 0.3) is 0 Å². The molecule has 1 heterocycles. The highest BCUT2D eigenvalue weighted by molar-refractivity contribution is 5.45. The van der Waals surface area contributed by atoms with Crippen molar-refractivity contribution in [3.63, 3.8) is 0 Å². The monoisotopic (exact) mass is 377 g/mol. The second-order valence-electron chi connectivity index (χ2n) is 9.01. The van der Waals surface area contributed by atoms with Crippen LogP contribution in [0, 0.1) is 5.92 Å². The number of hydrogen-bond acceptors (Lipinski definition) is 3. The Morgan fingerprint density at radius 3 is 2.79 bits per heavy atom. The maximum absolute atomic E-state index is 10.2. The molecule has 1 saturated carbocycles. The van der Waals surface area contributed by atoms with E-state index in [1.54, 1.807) is 7.11 Å². The number of nitrogens with zero attached hydrogens (tertiary/aromatic N) is 1. The van der Waals surface area contributed by atoms with E-state index in [1.165, 1.54) is 55.3 Å². The SMILES string of the molecule is COc1ccc(CCN2CC[C@@]34CCCC[C@H]3[C@H]2Cc2ccc(O)cc24)cc1. The lowest BCUT2D eigenvalue weighted by Crippen LogP contribution is -2.61. The van der Waals surface area contributed by atoms with E-state index < -0.39 is 0 Å². The van der Waals surface area contributed by atoms with Gasteiger partial charge in [-0.3, -0.25) is 4.90 Å². The lowest BCUT2D eigenvalue weighted by molar-refractivity contribution is -0.0106. The molecule has 3 heteroatoms. The van der Waals surface area contributed by atoms with Gasteiger partial charge in [0, 0.05) is 18.0 Å². The van der Waals surface area contributed by atoms with Gasteiger partial charge in [0.2, 0.25) is 0 Å². The first-order valence-electron chi connectivity index (χ1n) is 10.9. The van der Waals surface area contributed by atoms with Crippen LogP contribution in [0.5, 0.6) is 11.5 Å². The molecular weight excluding hydrogens is 346 g/mol. The number of rotatable bonds is 4. The summed E-state index contributed by atoms with van der Waals surface area (Å²) in [6.07, 6.45) is 8.84. The van der Waals surface area contributed by atoms with Gasteiger partial charge in [-0.15, -0.1) is 0 Å². The zero-order valence-electron chi connectivity index (χ0n) is 16.9. The molecule has 0 unspecified atom stereocenters. The van der Waals surface area contributed by atoms with Crippen molar-refractivity contribution in [2.75, 3.05) is 20.2 Å². The van der Waals surface area contributed by atoms with Gasteiger partial charge >= 0.3 is 0 Å². The highest BCUT2D eigenvalue weighted by Crippen LogP contribution is 2.56. The number of methoxy groups -OCH3 is 1. The average molecular weight is 378 g/mol. The number of benzene rings is 2. The number of phenolic OH excluding ortho intramolecular Hbond substituents is 1. The Labute approximate surface area is 168 Å². The van der Waals surface area contributed by atoms with Crippen molar-refractivity contribution in [1.29, 1.82) is 0 Å². The van der Waals surface area contributed by atoms with Crippen LogP contribution >= 0.6 is 0 Å². The van der Waals surface area contributed by atoms with Gasteiger partial charge in [0.15, 0.2) is 0 Å². The molecule has 0 aromatic heterocycles. The zero-order chi connectivity index (χ0) is 19.1. The molecule has 1 saturated heterocycles. The van der Waals surface area contributed by atoms with E-state index in [2.05, 4.69) is 41.3 Å². The topological polar surface area (TPSA) is 32.7 Å². The molecule has 2 aliphatic carbocycles. The summed E-state index contributed by atoms with van der Waals surface area (Å²) in [6, 6.07) is 15.4. The van der Waals surface area contributed by atoms with E-state index in [-0.39, 0.29) is 0 Å². The van der Waals surface area contributed by atoms with Gasteiger partial charge in [0.05, 0.1) is 7.11 Å². The Morgan fingerprint density at radius 1 is 1.11 bits per heavy atom. The second kappa shape index (κ2) is 7.11. The lowest BCUT2D eigenvalue weighted by atomic mass is 9.52. The molecule has 3 atom stereocenters. The maximum atomic E-state index is 10.2. The minimum atomic E-state index is 0.311. The van der Waals surface area contributed by atoms with Gasteiger partial charge < -0.3 is 9.84 Å². The molecule has 2 bridgehead atoms. The predicted octanol–water partition coefficient (Wildman–Crippen LogP) is 4.70. The van der Waals surface area contributed by atoms with E-state index in [1.807, 2.05) is 6.07 Å². The first-order valence-corrected chi connectivity index (χ1v) is 10.9. The Kier molecular flexibility index (Phi) is 4.59. The summed E-state index contributed by atoms with van der Waals surface area (Å²) in [5.74, 6) is 2.12. The molecule has 0 radical (unpaired) electrons. The van der Waals surface area contributed by atoms with Crippen LogP contribution in [0.2, 0.25) is 0 Å². The summed E-state index contributed by atoms with van der Waals surface area (Å²) in [6.45, 7) is 2.32. The Balaban J connectivity index is 1.39. The molecule has 2 aromatic carbocycles. The van der Waals surface area contributed by atoms with Crippen molar-refractivity contribution in [2.45, 2.75) is 56.4 Å². The summed E-state index contributed by atoms with van der Waals surface area (Å²) in [5.41, 5.74) is 4.66. The highest BCUT2D eigenvalue weighted by Gasteiger charge is 2.53. The third-order valence-corrected chi connectivity index (χ3v) is 7.78. The fraction of sp³-hybridized carbons (Fsp3) is 0.520. The summed E-state index contributed by atoms with van der Waals surface area (Å²) < 4.78 is 5.29. The summed E-state index contributed by atoms with van der Waals surface area (Å²) in [4.78, 5) is 2.77. The van der Waals surface area contributed by atoms with Crippen molar-refractivity contribution < 1.29 is 9.84 Å². The van der Waals surface area contributed by atoms with Gasteiger partial charge in [-0.1, -0.05) is 31.0 Å². The summed E-state index contributed by atoms with van der Waals surface area (Å²) in [7, 11) is 1.72. The van der Waals surface area contributed by atoms with E-state index in [0.29, 0.717) is 17.2 Å². The van der Waals surface area contributed by atoms with E-state index >= 15 is 0 Å². The third kappa shape index (κ3) is 2.91. The standard InChI is InChI=1S/C25H31NO2/c1-28-21-9-5-18(6-10-21)11-14-26-15-13-25-12-3-2-4-22(25)24(26)16-19-7-8-20(27)17-23(19)25/h5-10,17,22,24,27H,2-4,11-16H2,1H3/t22-,24+,25-/m0/s1. The van der Waals surface area contributed by atoms with Crippen LogP contribution in [0.1, 0.15) is 48.8 Å². The highest BCUT2D eigenvalue weighted by atomic mass is 16.5. The number of ether oxygens (including phenoxy) is 1. The molecule has 2 fully saturated rings. The van der Waals surface area contributed by atoms with Crippen LogP contribution in [0.15, 0.2) is 42.5 Å². The number of phenols is 1. The maximum Gasteiger partial charge on any atom is 0.118 e. The molecule has 3 aliphatic rings. The van der Waals surface area contributed by atoms with Crippen molar-refractivity contribution in [2.24, 2.45) is 5.92 Å². The normalized spacial score (nSPS) is 29.0. The minimum Gasteiger partial charge on any atom is -0.508 e. The first-order chi connectivity index (χ1) is 13.7. The number of likely N-dealkylation sites (tertiary alicyclic amines) is 1. The number of fused-ring (bicyclic) bond motifs is 1. The number of piperidine rings is 1. The Bertz CT molecular complexity index is 846. The van der Waals surface area contributed by atoms with Gasteiger partial charge in [-0.25, -0.2) is 0 Å². The smallest absolute Gasteiger partial charge is 0.118 e. The van der Waals surface area contributed by atoms with Crippen LogP contribution in [-0.2, 0) is 18.3 Å². The van der Waals surface area contributed by atoms with Gasteiger partial charge in [-0.2, -0.15) is 0 Å². The van der Waals surface area contributed by atoms with Gasteiger partial charge in [0.25, 0.3) is 0 Å². The second-order valence-corrected chi connectivity index (χ2v) is 9.01. The fourth-order valence-electron chi connectivity index (χ4n) is 6.42. The van der Waals surface area contributed by atoms with E-state index in [9.17, 15) is 5.11 Å². The van der Waals surface area contributed by atoms with E-state index in [4.69, 9.17) is 4.74 Å². The van der Waals surface area contributed by atoms with Crippen LogP contribution in [0.3, 0.4) is 0 Å². The molecule has 0 amide bonds. The molecule has 0 spiro atoms. The lowest BCUT2D eigenvalue weighted by Gasteiger charge is -2.59. The number of hydrogen-bond donors (Lipinski definition) is 1. The predicted molar refractivity (Wildman–Crippen MR) is 112 cm³/mol. The summed E-state index contributed by atoms with van der Waals surface area (Å²) in [5, 5.41) is 10.2. The third-order valence-electron chi connectivity index (χ3n) is 7.78. The fourth-order valence-corrected chi connectivity index (χ4v) is 6.42.